The molecule has 0 N–H and O–H groups in total. The monoisotopic (exact) mass is 516 g/mol. The SMILES string of the molecule is Cc1ccc(-n2c(-c3ccc4c(c3)C(=O)c3ccccc3C4=O)nc3c4cccnc4c4ncccc4c32)cc1. The van der Waals surface area contributed by atoms with E-state index in [4.69, 9.17) is 9.97 Å². The molecule has 4 aromatic carbocycles. The standard InChI is InChI=1S/C34H20N4O2/c1-19-10-13-21(14-11-19)38-31-26-9-5-17-36-29(26)28-25(8-4-16-35-28)30(31)37-34(38)20-12-15-24-27(18-20)33(40)23-7-3-2-6-22(23)32(24)39/h2-18H,1H3. The lowest BCUT2D eigenvalue weighted by Gasteiger charge is -2.18. The van der Waals surface area contributed by atoms with Crippen LogP contribution in [-0.4, -0.2) is 31.1 Å². The van der Waals surface area contributed by atoms with Crippen LogP contribution < -0.4 is 0 Å². The van der Waals surface area contributed by atoms with Crippen molar-refractivity contribution in [3.8, 4) is 17.1 Å². The van der Waals surface area contributed by atoms with Crippen molar-refractivity contribution in [1.82, 2.24) is 19.5 Å². The summed E-state index contributed by atoms with van der Waals surface area (Å²) < 4.78 is 2.12. The number of pyridine rings is 2. The third kappa shape index (κ3) is 3.07. The number of fused-ring (bicyclic) bond motifs is 8. The van der Waals surface area contributed by atoms with Gasteiger partial charge in [-0.2, -0.15) is 0 Å². The summed E-state index contributed by atoms with van der Waals surface area (Å²) in [4.78, 5) is 41.4. The van der Waals surface area contributed by atoms with Crippen LogP contribution in [0.3, 0.4) is 0 Å². The summed E-state index contributed by atoms with van der Waals surface area (Å²) in [7, 11) is 0. The van der Waals surface area contributed by atoms with Gasteiger partial charge in [0.25, 0.3) is 0 Å². The summed E-state index contributed by atoms with van der Waals surface area (Å²) in [5, 5.41) is 1.83. The lowest BCUT2D eigenvalue weighted by Crippen LogP contribution is -2.20. The number of hydrogen-bond donors (Lipinski definition) is 0. The van der Waals surface area contributed by atoms with Crippen molar-refractivity contribution in [3.63, 3.8) is 0 Å². The minimum Gasteiger partial charge on any atom is -0.292 e. The van der Waals surface area contributed by atoms with Crippen molar-refractivity contribution in [2.24, 2.45) is 0 Å². The Kier molecular flexibility index (Phi) is 4.64. The van der Waals surface area contributed by atoms with E-state index in [1.807, 2.05) is 30.3 Å². The van der Waals surface area contributed by atoms with Gasteiger partial charge in [-0.15, -0.1) is 0 Å². The molecule has 7 aromatic rings. The summed E-state index contributed by atoms with van der Waals surface area (Å²) in [6, 6.07) is 28.6. The van der Waals surface area contributed by atoms with Crippen molar-refractivity contribution < 1.29 is 9.59 Å². The minimum atomic E-state index is -0.158. The second-order valence-electron chi connectivity index (χ2n) is 10.1. The van der Waals surface area contributed by atoms with Gasteiger partial charge in [0, 0.05) is 56.7 Å². The van der Waals surface area contributed by atoms with Crippen LogP contribution in [0.1, 0.15) is 37.4 Å². The molecule has 8 rings (SSSR count). The number of nitrogens with zero attached hydrogens (tertiary/aromatic N) is 4. The molecule has 1 aliphatic rings. The van der Waals surface area contributed by atoms with Gasteiger partial charge in [-0.3, -0.25) is 24.1 Å². The van der Waals surface area contributed by atoms with E-state index in [1.54, 1.807) is 48.8 Å². The number of aryl methyl sites for hydroxylation is 1. The first-order chi connectivity index (χ1) is 19.6. The molecule has 0 saturated heterocycles. The maximum Gasteiger partial charge on any atom is 0.194 e. The number of benzene rings is 4. The fraction of sp³-hybridized carbons (Fsp3) is 0.0294. The third-order valence-electron chi connectivity index (χ3n) is 7.70. The smallest absolute Gasteiger partial charge is 0.194 e. The van der Waals surface area contributed by atoms with Crippen molar-refractivity contribution in [3.05, 3.63) is 131 Å². The van der Waals surface area contributed by atoms with Gasteiger partial charge >= 0.3 is 0 Å². The van der Waals surface area contributed by atoms with E-state index in [1.165, 1.54) is 0 Å². The van der Waals surface area contributed by atoms with Gasteiger partial charge in [0.1, 0.15) is 5.82 Å². The first kappa shape index (κ1) is 22.5. The highest BCUT2D eigenvalue weighted by Gasteiger charge is 2.30. The van der Waals surface area contributed by atoms with Crippen molar-refractivity contribution in [2.45, 2.75) is 6.92 Å². The number of aromatic nitrogens is 4. The zero-order valence-electron chi connectivity index (χ0n) is 21.4. The fourth-order valence-corrected chi connectivity index (χ4v) is 5.80. The number of carbonyl (C=O) groups excluding carboxylic acids is 2. The van der Waals surface area contributed by atoms with E-state index in [0.29, 0.717) is 28.1 Å². The lowest BCUT2D eigenvalue weighted by molar-refractivity contribution is 0.0979. The van der Waals surface area contributed by atoms with Gasteiger partial charge in [-0.1, -0.05) is 48.0 Å². The first-order valence-corrected chi connectivity index (χ1v) is 13.0. The number of carbonyl (C=O) groups is 2. The van der Waals surface area contributed by atoms with Gasteiger partial charge in [-0.25, -0.2) is 4.98 Å². The van der Waals surface area contributed by atoms with E-state index in [-0.39, 0.29) is 11.6 Å². The summed E-state index contributed by atoms with van der Waals surface area (Å²) in [6.07, 6.45) is 3.55. The lowest BCUT2D eigenvalue weighted by atomic mass is 9.83. The van der Waals surface area contributed by atoms with Crippen LogP contribution in [0, 0.1) is 6.92 Å². The van der Waals surface area contributed by atoms with E-state index in [9.17, 15) is 9.59 Å². The largest absolute Gasteiger partial charge is 0.292 e. The Balaban J connectivity index is 1.48. The van der Waals surface area contributed by atoms with Crippen LogP contribution in [0.4, 0.5) is 0 Å². The van der Waals surface area contributed by atoms with E-state index < -0.39 is 0 Å². The highest BCUT2D eigenvalue weighted by Crippen LogP contribution is 2.39. The molecule has 0 radical (unpaired) electrons. The number of hydrogen-bond acceptors (Lipinski definition) is 5. The molecule has 0 spiro atoms. The van der Waals surface area contributed by atoms with Crippen molar-refractivity contribution in [2.75, 3.05) is 0 Å². The second kappa shape index (κ2) is 8.25. The van der Waals surface area contributed by atoms with Gasteiger partial charge in [0.2, 0.25) is 0 Å². The highest BCUT2D eigenvalue weighted by molar-refractivity contribution is 6.28. The Bertz CT molecular complexity index is 2210. The van der Waals surface area contributed by atoms with Gasteiger partial charge < -0.3 is 0 Å². The minimum absolute atomic E-state index is 0.141. The molecule has 0 saturated carbocycles. The summed E-state index contributed by atoms with van der Waals surface area (Å²) >= 11 is 0. The normalized spacial score (nSPS) is 12.7. The molecule has 40 heavy (non-hydrogen) atoms. The fourth-order valence-electron chi connectivity index (χ4n) is 5.80. The topological polar surface area (TPSA) is 77.7 Å². The first-order valence-electron chi connectivity index (χ1n) is 13.0. The van der Waals surface area contributed by atoms with Crippen molar-refractivity contribution >= 4 is 44.4 Å². The Morgan fingerprint density at radius 3 is 1.95 bits per heavy atom. The molecular weight excluding hydrogens is 496 g/mol. The molecule has 3 aromatic heterocycles. The number of ketones is 2. The van der Waals surface area contributed by atoms with Crippen LogP contribution >= 0.6 is 0 Å². The van der Waals surface area contributed by atoms with E-state index in [0.717, 1.165) is 49.7 Å². The van der Waals surface area contributed by atoms with E-state index >= 15 is 0 Å². The molecular formula is C34H20N4O2. The predicted octanol–water partition coefficient (Wildman–Crippen LogP) is 6.87. The molecule has 0 amide bonds. The van der Waals surface area contributed by atoms with Gasteiger partial charge in [0.15, 0.2) is 11.6 Å². The molecule has 6 nitrogen and oxygen atoms in total. The van der Waals surface area contributed by atoms with Crippen LogP contribution in [0.5, 0.6) is 0 Å². The average Bonchev–Trinajstić information content (AvgIpc) is 3.41. The molecule has 0 fully saturated rings. The molecule has 0 bridgehead atoms. The second-order valence-corrected chi connectivity index (χ2v) is 10.1. The van der Waals surface area contributed by atoms with E-state index in [2.05, 4.69) is 40.7 Å². The molecule has 0 atom stereocenters. The molecule has 6 heteroatoms. The molecule has 3 heterocycles. The van der Waals surface area contributed by atoms with Crippen LogP contribution in [0.25, 0.3) is 49.9 Å². The molecule has 188 valence electrons. The van der Waals surface area contributed by atoms with Gasteiger partial charge in [-0.05, 0) is 55.5 Å². The summed E-state index contributed by atoms with van der Waals surface area (Å²) in [5.41, 5.74) is 7.78. The molecule has 0 aliphatic heterocycles. The maximum atomic E-state index is 13.6. The quantitative estimate of drug-likeness (QED) is 0.234. The number of imidazole rings is 1. The summed E-state index contributed by atoms with van der Waals surface area (Å²) in [6.45, 7) is 2.05. The zero-order chi connectivity index (χ0) is 27.0. The van der Waals surface area contributed by atoms with Crippen molar-refractivity contribution in [1.29, 1.82) is 0 Å². The molecule has 1 aliphatic carbocycles. The Morgan fingerprint density at radius 1 is 0.600 bits per heavy atom. The van der Waals surface area contributed by atoms with Crippen LogP contribution in [0.2, 0.25) is 0 Å². The highest BCUT2D eigenvalue weighted by atomic mass is 16.1. The Hall–Kier alpha value is -5.49. The average molecular weight is 517 g/mol. The van der Waals surface area contributed by atoms with Crippen LogP contribution in [0.15, 0.2) is 103 Å². The zero-order valence-corrected chi connectivity index (χ0v) is 21.4. The number of rotatable bonds is 2. The van der Waals surface area contributed by atoms with Crippen LogP contribution in [-0.2, 0) is 0 Å². The Morgan fingerprint density at radius 2 is 1.23 bits per heavy atom. The summed E-state index contributed by atoms with van der Waals surface area (Å²) in [5.74, 6) is 0.370. The third-order valence-corrected chi connectivity index (χ3v) is 7.70. The predicted molar refractivity (Wildman–Crippen MR) is 155 cm³/mol. The van der Waals surface area contributed by atoms with Gasteiger partial charge in [0.05, 0.1) is 22.1 Å². The maximum absolute atomic E-state index is 13.6. The molecule has 0 unspecified atom stereocenters. The Labute approximate surface area is 228 Å².